The third-order valence-corrected chi connectivity index (χ3v) is 9.60. The number of aromatic nitrogens is 2. The van der Waals surface area contributed by atoms with Gasteiger partial charge in [-0.25, -0.2) is 14.8 Å². The van der Waals surface area contributed by atoms with Gasteiger partial charge in [-0.2, -0.15) is 0 Å². The van der Waals surface area contributed by atoms with E-state index in [0.29, 0.717) is 46.3 Å². The van der Waals surface area contributed by atoms with Crippen LogP contribution in [-0.2, 0) is 11.4 Å². The zero-order chi connectivity index (χ0) is 39.1. The highest BCUT2D eigenvalue weighted by Gasteiger charge is 2.22. The first-order valence-corrected chi connectivity index (χ1v) is 20.2. The SMILES string of the molecule is C=CC(=O)Oc1c(Nc2ncnc3cc(OC)c(OCCCN(CCCCCCCC)CCCCCCCC)cc23)ccc(OC)c1OCc1ccccc1. The summed E-state index contributed by atoms with van der Waals surface area (Å²) in [4.78, 5) is 24.3. The van der Waals surface area contributed by atoms with E-state index in [-0.39, 0.29) is 18.1 Å². The van der Waals surface area contributed by atoms with Crippen LogP contribution in [0.4, 0.5) is 11.5 Å². The molecular weight excluding hydrogens is 693 g/mol. The Labute approximate surface area is 328 Å². The number of methoxy groups -OCH3 is 2. The van der Waals surface area contributed by atoms with Crippen LogP contribution in [0.3, 0.4) is 0 Å². The predicted octanol–water partition coefficient (Wildman–Crippen LogP) is 10.9. The molecule has 0 saturated heterocycles. The van der Waals surface area contributed by atoms with Gasteiger partial charge in [-0.3, -0.25) is 0 Å². The molecule has 10 nitrogen and oxygen atoms in total. The number of esters is 1. The fourth-order valence-electron chi connectivity index (χ4n) is 6.51. The van der Waals surface area contributed by atoms with E-state index in [1.54, 1.807) is 19.2 Å². The maximum Gasteiger partial charge on any atom is 0.335 e. The van der Waals surface area contributed by atoms with Gasteiger partial charge in [0.15, 0.2) is 23.0 Å². The Morgan fingerprint density at radius 3 is 2.04 bits per heavy atom. The van der Waals surface area contributed by atoms with Crippen LogP contribution in [0.5, 0.6) is 28.7 Å². The van der Waals surface area contributed by atoms with Crippen LogP contribution in [0.1, 0.15) is 103 Å². The van der Waals surface area contributed by atoms with Crippen molar-refractivity contribution in [2.75, 3.05) is 45.8 Å². The van der Waals surface area contributed by atoms with Crippen molar-refractivity contribution in [1.29, 1.82) is 0 Å². The largest absolute Gasteiger partial charge is 0.493 e. The van der Waals surface area contributed by atoms with Crippen molar-refractivity contribution < 1.29 is 28.5 Å². The number of benzene rings is 3. The number of carbonyl (C=O) groups excluding carboxylic acids is 1. The van der Waals surface area contributed by atoms with Crippen LogP contribution in [-0.4, -0.2) is 61.3 Å². The molecule has 0 fully saturated rings. The summed E-state index contributed by atoms with van der Waals surface area (Å²) >= 11 is 0. The zero-order valence-corrected chi connectivity index (χ0v) is 33.6. The summed E-state index contributed by atoms with van der Waals surface area (Å²) in [6, 6.07) is 16.9. The minimum atomic E-state index is -0.647. The van der Waals surface area contributed by atoms with Crippen molar-refractivity contribution in [3.05, 3.63) is 79.1 Å². The quantitative estimate of drug-likeness (QED) is 0.0261. The molecule has 0 aliphatic carbocycles. The Morgan fingerprint density at radius 1 is 0.727 bits per heavy atom. The average Bonchev–Trinajstić information content (AvgIpc) is 3.21. The van der Waals surface area contributed by atoms with Crippen LogP contribution in [0, 0.1) is 0 Å². The maximum atomic E-state index is 12.6. The van der Waals surface area contributed by atoms with E-state index in [2.05, 4.69) is 40.6 Å². The van der Waals surface area contributed by atoms with E-state index >= 15 is 0 Å². The number of hydrogen-bond acceptors (Lipinski definition) is 10. The van der Waals surface area contributed by atoms with Gasteiger partial charge in [0.2, 0.25) is 5.75 Å². The molecular formula is C45H62N4O6. The lowest BCUT2D eigenvalue weighted by Gasteiger charge is -2.22. The second-order valence-corrected chi connectivity index (χ2v) is 13.8. The van der Waals surface area contributed by atoms with Gasteiger partial charge >= 0.3 is 5.97 Å². The second-order valence-electron chi connectivity index (χ2n) is 13.8. The molecule has 1 aromatic heterocycles. The molecule has 55 heavy (non-hydrogen) atoms. The van der Waals surface area contributed by atoms with Crippen LogP contribution < -0.4 is 29.0 Å². The number of fused-ring (bicyclic) bond motifs is 1. The summed E-state index contributed by atoms with van der Waals surface area (Å²) in [5.74, 6) is 1.84. The van der Waals surface area contributed by atoms with E-state index in [9.17, 15) is 4.79 Å². The van der Waals surface area contributed by atoms with Gasteiger partial charge in [0.1, 0.15) is 18.8 Å². The topological polar surface area (TPSA) is 104 Å². The van der Waals surface area contributed by atoms with Crippen molar-refractivity contribution in [2.45, 2.75) is 104 Å². The van der Waals surface area contributed by atoms with Crippen LogP contribution in [0.25, 0.3) is 10.9 Å². The first-order chi connectivity index (χ1) is 27.0. The molecule has 0 saturated carbocycles. The van der Waals surface area contributed by atoms with Crippen molar-refractivity contribution in [3.63, 3.8) is 0 Å². The van der Waals surface area contributed by atoms with Crippen molar-refractivity contribution >= 4 is 28.4 Å². The highest BCUT2D eigenvalue weighted by atomic mass is 16.6. The molecule has 4 rings (SSSR count). The van der Waals surface area contributed by atoms with Crippen LogP contribution >= 0.6 is 0 Å². The Bertz CT molecular complexity index is 1720. The smallest absolute Gasteiger partial charge is 0.335 e. The molecule has 10 heteroatoms. The molecule has 0 aliphatic rings. The highest BCUT2D eigenvalue weighted by Crippen LogP contribution is 2.45. The lowest BCUT2D eigenvalue weighted by atomic mass is 10.1. The Morgan fingerprint density at radius 2 is 1.38 bits per heavy atom. The number of nitrogens with zero attached hydrogens (tertiary/aromatic N) is 3. The molecule has 4 aromatic rings. The Kier molecular flexibility index (Phi) is 19.2. The number of carbonyl (C=O) groups is 1. The van der Waals surface area contributed by atoms with Crippen molar-refractivity contribution in [1.82, 2.24) is 14.9 Å². The number of unbranched alkanes of at least 4 members (excludes halogenated alkanes) is 10. The molecule has 0 bridgehead atoms. The number of hydrogen-bond donors (Lipinski definition) is 1. The molecule has 0 radical (unpaired) electrons. The molecule has 0 aliphatic heterocycles. The van der Waals surface area contributed by atoms with Crippen molar-refractivity contribution in [3.8, 4) is 28.7 Å². The van der Waals surface area contributed by atoms with Gasteiger partial charge in [0.25, 0.3) is 0 Å². The standard InChI is InChI=1S/C45H62N4O6/c1-6-9-11-13-15-20-27-49(28-21-16-14-12-10-7-2)29-22-30-53-41-31-36-38(32-40(41)52-5)46-34-47-45(36)48-37-25-26-39(51-4)44(43(37)55-42(50)8-3)54-33-35-23-18-17-19-24-35/h8,17-19,23-26,31-32,34H,3,6-7,9-16,20-22,27-30,33H2,1-2,4-5H3,(H,46,47,48). The molecule has 1 heterocycles. The summed E-state index contributed by atoms with van der Waals surface area (Å²) in [5, 5.41) is 4.05. The fourth-order valence-corrected chi connectivity index (χ4v) is 6.51. The monoisotopic (exact) mass is 754 g/mol. The molecule has 0 unspecified atom stereocenters. The highest BCUT2D eigenvalue weighted by molar-refractivity contribution is 5.94. The molecule has 0 atom stereocenters. The van der Waals surface area contributed by atoms with E-state index in [0.717, 1.165) is 37.7 Å². The Balaban J connectivity index is 1.50. The van der Waals surface area contributed by atoms with Crippen LogP contribution in [0.15, 0.2) is 73.6 Å². The summed E-state index contributed by atoms with van der Waals surface area (Å²) in [6.07, 6.45) is 19.1. The zero-order valence-electron chi connectivity index (χ0n) is 33.6. The van der Waals surface area contributed by atoms with Crippen LogP contribution in [0.2, 0.25) is 0 Å². The average molecular weight is 755 g/mol. The second kappa shape index (κ2) is 24.6. The maximum absolute atomic E-state index is 12.6. The lowest BCUT2D eigenvalue weighted by Crippen LogP contribution is -2.28. The predicted molar refractivity (Wildman–Crippen MR) is 222 cm³/mol. The molecule has 3 aromatic carbocycles. The van der Waals surface area contributed by atoms with Gasteiger partial charge in [-0.05, 0) is 56.1 Å². The van der Waals surface area contributed by atoms with E-state index in [4.69, 9.17) is 23.7 Å². The van der Waals surface area contributed by atoms with E-state index in [1.807, 2.05) is 42.5 Å². The van der Waals surface area contributed by atoms with E-state index in [1.165, 1.54) is 90.5 Å². The molecule has 298 valence electrons. The number of ether oxygens (including phenoxy) is 5. The third-order valence-electron chi connectivity index (χ3n) is 9.60. The minimum absolute atomic E-state index is 0.142. The normalized spacial score (nSPS) is 11.1. The number of rotatable bonds is 28. The third kappa shape index (κ3) is 14.1. The fraction of sp³-hybridized carbons (Fsp3) is 0.489. The first-order valence-electron chi connectivity index (χ1n) is 20.2. The first kappa shape index (κ1) is 42.9. The van der Waals surface area contributed by atoms with Gasteiger partial charge < -0.3 is 33.9 Å². The summed E-state index contributed by atoms with van der Waals surface area (Å²) in [6.45, 7) is 12.2. The molecule has 0 amide bonds. The molecule has 0 spiro atoms. The van der Waals surface area contributed by atoms with Gasteiger partial charge in [-0.15, -0.1) is 0 Å². The summed E-state index contributed by atoms with van der Waals surface area (Å²) in [7, 11) is 3.16. The van der Waals surface area contributed by atoms with Gasteiger partial charge in [-0.1, -0.05) is 115 Å². The van der Waals surface area contributed by atoms with Crippen molar-refractivity contribution in [2.24, 2.45) is 0 Å². The van der Waals surface area contributed by atoms with Gasteiger partial charge in [0.05, 0.1) is 32.0 Å². The van der Waals surface area contributed by atoms with Gasteiger partial charge in [0, 0.05) is 24.1 Å². The van der Waals surface area contributed by atoms with E-state index < -0.39 is 5.97 Å². The molecule has 1 N–H and O–H groups in total. The number of nitrogens with one attached hydrogen (secondary N) is 1. The summed E-state index contributed by atoms with van der Waals surface area (Å²) in [5.41, 5.74) is 2.04. The number of anilines is 2. The minimum Gasteiger partial charge on any atom is -0.493 e. The lowest BCUT2D eigenvalue weighted by molar-refractivity contribution is -0.129. The summed E-state index contributed by atoms with van der Waals surface area (Å²) < 4.78 is 29.7. The Hall–Kier alpha value is -4.83.